The van der Waals surface area contributed by atoms with E-state index in [2.05, 4.69) is 5.43 Å². The van der Waals surface area contributed by atoms with Crippen LogP contribution in [-0.2, 0) is 4.79 Å². The summed E-state index contributed by atoms with van der Waals surface area (Å²) in [5.74, 6) is -0.101. The van der Waals surface area contributed by atoms with Gasteiger partial charge in [-0.2, -0.15) is 0 Å². The van der Waals surface area contributed by atoms with Crippen LogP contribution in [0, 0.1) is 5.82 Å². The van der Waals surface area contributed by atoms with Gasteiger partial charge in [0.05, 0.1) is 11.4 Å². The normalized spacial score (nSPS) is 10.1. The zero-order valence-corrected chi connectivity index (χ0v) is 11.9. The van der Waals surface area contributed by atoms with Crippen LogP contribution in [0.2, 0.25) is 0 Å². The van der Waals surface area contributed by atoms with E-state index in [0.29, 0.717) is 0 Å². The molecule has 0 unspecified atom stereocenters. The third-order valence-electron chi connectivity index (χ3n) is 2.62. The summed E-state index contributed by atoms with van der Waals surface area (Å²) in [5.41, 5.74) is 3.69. The quantitative estimate of drug-likeness (QED) is 0.678. The maximum absolute atomic E-state index is 12.8. The van der Waals surface area contributed by atoms with Crippen LogP contribution in [0.25, 0.3) is 0 Å². The van der Waals surface area contributed by atoms with Gasteiger partial charge in [-0.05, 0) is 36.4 Å². The second-order valence-corrected chi connectivity index (χ2v) is 5.22. The van der Waals surface area contributed by atoms with E-state index in [-0.39, 0.29) is 17.5 Å². The Balaban J connectivity index is 1.82. The number of rotatable bonds is 5. The van der Waals surface area contributed by atoms with Crippen LogP contribution < -0.4 is 10.4 Å². The van der Waals surface area contributed by atoms with E-state index in [4.69, 9.17) is 0 Å². The van der Waals surface area contributed by atoms with Gasteiger partial charge in [0.25, 0.3) is 0 Å². The average molecular weight is 290 g/mol. The first-order valence-electron chi connectivity index (χ1n) is 6.12. The van der Waals surface area contributed by atoms with Crippen LogP contribution in [0.4, 0.5) is 10.1 Å². The van der Waals surface area contributed by atoms with E-state index in [0.717, 1.165) is 10.6 Å². The van der Waals surface area contributed by atoms with Crippen LogP contribution >= 0.6 is 11.8 Å². The molecule has 2 aromatic rings. The molecule has 0 aromatic heterocycles. The topological polar surface area (TPSA) is 32.3 Å². The Morgan fingerprint density at radius 2 is 1.80 bits per heavy atom. The molecule has 0 aliphatic carbocycles. The van der Waals surface area contributed by atoms with Gasteiger partial charge >= 0.3 is 0 Å². The molecule has 2 aromatic carbocycles. The van der Waals surface area contributed by atoms with Gasteiger partial charge in [-0.3, -0.25) is 15.2 Å². The van der Waals surface area contributed by atoms with Gasteiger partial charge in [-0.1, -0.05) is 18.2 Å². The molecule has 5 heteroatoms. The molecule has 0 saturated carbocycles. The van der Waals surface area contributed by atoms with Gasteiger partial charge in [-0.25, -0.2) is 4.39 Å². The van der Waals surface area contributed by atoms with Crippen molar-refractivity contribution in [2.45, 2.75) is 4.90 Å². The fourth-order valence-corrected chi connectivity index (χ4v) is 2.31. The summed E-state index contributed by atoms with van der Waals surface area (Å²) in [7, 11) is 1.79. The van der Waals surface area contributed by atoms with Gasteiger partial charge in [-0.15, -0.1) is 11.8 Å². The van der Waals surface area contributed by atoms with E-state index in [9.17, 15) is 9.18 Å². The number of hydrogen-bond acceptors (Lipinski definition) is 3. The monoisotopic (exact) mass is 290 g/mol. The van der Waals surface area contributed by atoms with Crippen molar-refractivity contribution in [1.29, 1.82) is 0 Å². The van der Waals surface area contributed by atoms with Gasteiger partial charge in [0.2, 0.25) is 5.91 Å². The summed E-state index contributed by atoms with van der Waals surface area (Å²) < 4.78 is 12.8. The van der Waals surface area contributed by atoms with Crippen molar-refractivity contribution in [3.63, 3.8) is 0 Å². The van der Waals surface area contributed by atoms with E-state index in [1.165, 1.54) is 23.9 Å². The molecule has 0 bridgehead atoms. The lowest BCUT2D eigenvalue weighted by atomic mass is 10.3. The Kier molecular flexibility index (Phi) is 5.01. The molecule has 104 valence electrons. The van der Waals surface area contributed by atoms with E-state index < -0.39 is 0 Å². The summed E-state index contributed by atoms with van der Waals surface area (Å²) >= 11 is 1.37. The van der Waals surface area contributed by atoms with Crippen LogP contribution in [0.5, 0.6) is 0 Å². The molecule has 0 radical (unpaired) electrons. The average Bonchev–Trinajstić information content (AvgIpc) is 2.47. The Bertz CT molecular complexity index is 560. The SMILES string of the molecule is CN(NC(=O)CSc1ccc(F)cc1)c1ccccc1. The number of hydrogen-bond donors (Lipinski definition) is 1. The molecule has 20 heavy (non-hydrogen) atoms. The van der Waals surface area contributed by atoms with Crippen LogP contribution in [-0.4, -0.2) is 18.7 Å². The lowest BCUT2D eigenvalue weighted by molar-refractivity contribution is -0.118. The number of nitrogens with one attached hydrogen (secondary N) is 1. The molecule has 0 heterocycles. The summed E-state index contributed by atoms with van der Waals surface area (Å²) in [6.45, 7) is 0. The third-order valence-corrected chi connectivity index (χ3v) is 3.63. The number of anilines is 1. The van der Waals surface area contributed by atoms with Gasteiger partial charge in [0.1, 0.15) is 5.82 Å². The number of hydrazine groups is 1. The summed E-state index contributed by atoms with van der Waals surface area (Å²) in [6.07, 6.45) is 0. The minimum Gasteiger partial charge on any atom is -0.289 e. The van der Waals surface area contributed by atoms with Crippen molar-refractivity contribution >= 4 is 23.4 Å². The molecular formula is C15H15FN2OS. The molecule has 1 amide bonds. The number of carbonyl (C=O) groups excluding carboxylic acids is 1. The molecule has 0 aliphatic heterocycles. The first-order chi connectivity index (χ1) is 9.65. The first kappa shape index (κ1) is 14.4. The Morgan fingerprint density at radius 1 is 1.15 bits per heavy atom. The third kappa shape index (κ3) is 4.28. The minimum absolute atomic E-state index is 0.106. The van der Waals surface area contributed by atoms with Crippen molar-refractivity contribution in [2.75, 3.05) is 17.8 Å². The molecule has 2 rings (SSSR count). The molecule has 3 nitrogen and oxygen atoms in total. The first-order valence-corrected chi connectivity index (χ1v) is 7.10. The van der Waals surface area contributed by atoms with Crippen molar-refractivity contribution < 1.29 is 9.18 Å². The number of halogens is 1. The van der Waals surface area contributed by atoms with E-state index in [1.54, 1.807) is 24.2 Å². The Morgan fingerprint density at radius 3 is 2.45 bits per heavy atom. The highest BCUT2D eigenvalue weighted by molar-refractivity contribution is 8.00. The fraction of sp³-hybridized carbons (Fsp3) is 0.133. The number of benzene rings is 2. The standard InChI is InChI=1S/C15H15FN2OS/c1-18(13-5-3-2-4-6-13)17-15(19)11-20-14-9-7-12(16)8-10-14/h2-10H,11H2,1H3,(H,17,19). The molecule has 0 atom stereocenters. The second kappa shape index (κ2) is 6.96. The predicted octanol–water partition coefficient (Wildman–Crippen LogP) is 3.09. The van der Waals surface area contributed by atoms with Crippen molar-refractivity contribution in [1.82, 2.24) is 5.43 Å². The lowest BCUT2D eigenvalue weighted by Crippen LogP contribution is -2.40. The molecular weight excluding hydrogens is 275 g/mol. The second-order valence-electron chi connectivity index (χ2n) is 4.17. The molecule has 1 N–H and O–H groups in total. The maximum Gasteiger partial charge on any atom is 0.248 e. The summed E-state index contributed by atoms with van der Waals surface area (Å²) in [6, 6.07) is 15.6. The summed E-state index contributed by atoms with van der Waals surface area (Å²) in [4.78, 5) is 12.7. The van der Waals surface area contributed by atoms with E-state index in [1.807, 2.05) is 30.3 Å². The zero-order valence-electron chi connectivity index (χ0n) is 11.0. The number of thioether (sulfide) groups is 1. The van der Waals surface area contributed by atoms with Crippen LogP contribution in [0.1, 0.15) is 0 Å². The number of amides is 1. The highest BCUT2D eigenvalue weighted by Crippen LogP contribution is 2.17. The number of para-hydroxylation sites is 1. The smallest absolute Gasteiger partial charge is 0.248 e. The van der Waals surface area contributed by atoms with Gasteiger partial charge in [0.15, 0.2) is 0 Å². The van der Waals surface area contributed by atoms with E-state index >= 15 is 0 Å². The molecule has 0 fully saturated rings. The fourth-order valence-electron chi connectivity index (χ4n) is 1.62. The predicted molar refractivity (Wildman–Crippen MR) is 80.1 cm³/mol. The lowest BCUT2D eigenvalue weighted by Gasteiger charge is -2.20. The van der Waals surface area contributed by atoms with Crippen molar-refractivity contribution in [2.24, 2.45) is 0 Å². The van der Waals surface area contributed by atoms with Gasteiger partial charge in [0, 0.05) is 11.9 Å². The molecule has 0 spiro atoms. The van der Waals surface area contributed by atoms with Gasteiger partial charge < -0.3 is 0 Å². The minimum atomic E-state index is -0.275. The summed E-state index contributed by atoms with van der Waals surface area (Å²) in [5, 5.41) is 1.67. The maximum atomic E-state index is 12.8. The highest BCUT2D eigenvalue weighted by atomic mass is 32.2. The van der Waals surface area contributed by atoms with Crippen LogP contribution in [0.15, 0.2) is 59.5 Å². The number of carbonyl (C=O) groups is 1. The zero-order chi connectivity index (χ0) is 14.4. The Hall–Kier alpha value is -2.01. The largest absolute Gasteiger partial charge is 0.289 e. The Labute approximate surface area is 121 Å². The van der Waals surface area contributed by atoms with Crippen molar-refractivity contribution in [3.8, 4) is 0 Å². The number of nitrogens with zero attached hydrogens (tertiary/aromatic N) is 1. The molecule has 0 saturated heterocycles. The van der Waals surface area contributed by atoms with Crippen molar-refractivity contribution in [3.05, 3.63) is 60.4 Å². The highest BCUT2D eigenvalue weighted by Gasteiger charge is 2.06. The van der Waals surface area contributed by atoms with Crippen LogP contribution in [0.3, 0.4) is 0 Å². The molecule has 0 aliphatic rings.